The van der Waals surface area contributed by atoms with Gasteiger partial charge in [-0.2, -0.15) is 22.0 Å². The van der Waals surface area contributed by atoms with Crippen LogP contribution in [-0.2, 0) is 5.92 Å². The van der Waals surface area contributed by atoms with Crippen LogP contribution >= 0.6 is 11.6 Å². The van der Waals surface area contributed by atoms with Crippen molar-refractivity contribution in [3.8, 4) is 33.8 Å². The molecule has 2 aromatic carbocycles. The summed E-state index contributed by atoms with van der Waals surface area (Å²) in [7, 11) is 0. The van der Waals surface area contributed by atoms with E-state index in [2.05, 4.69) is 20.2 Å². The third-order valence-corrected chi connectivity index (χ3v) is 6.28. The fourth-order valence-corrected chi connectivity index (χ4v) is 4.27. The first-order valence-electron chi connectivity index (χ1n) is 11.0. The van der Waals surface area contributed by atoms with Crippen LogP contribution in [0.3, 0.4) is 0 Å². The van der Waals surface area contributed by atoms with E-state index < -0.39 is 17.8 Å². The van der Waals surface area contributed by atoms with E-state index in [0.717, 1.165) is 23.6 Å². The van der Waals surface area contributed by atoms with Gasteiger partial charge in [0, 0.05) is 16.6 Å². The van der Waals surface area contributed by atoms with Crippen LogP contribution in [0, 0.1) is 0 Å². The molecule has 190 valence electrons. The van der Waals surface area contributed by atoms with Gasteiger partial charge < -0.3 is 4.42 Å². The smallest absolute Gasteiger partial charge is 0.422 e. The third-order valence-electron chi connectivity index (χ3n) is 6.03. The van der Waals surface area contributed by atoms with E-state index >= 15 is 0 Å². The molecule has 0 radical (unpaired) electrons. The molecule has 0 aliphatic carbocycles. The molecule has 4 aromatic heterocycles. The van der Waals surface area contributed by atoms with Gasteiger partial charge in [0.25, 0.3) is 5.89 Å². The summed E-state index contributed by atoms with van der Waals surface area (Å²) in [5, 5.41) is 8.25. The Morgan fingerprint density at radius 2 is 1.45 bits per heavy atom. The third kappa shape index (κ3) is 3.95. The predicted molar refractivity (Wildman–Crippen MR) is 130 cm³/mol. The highest BCUT2D eigenvalue weighted by molar-refractivity contribution is 6.30. The molecule has 0 atom stereocenters. The normalized spacial score (nSPS) is 12.5. The summed E-state index contributed by atoms with van der Waals surface area (Å²) in [5.74, 6) is -5.14. The van der Waals surface area contributed by atoms with E-state index in [1.807, 2.05) is 12.1 Å². The number of hydrogen-bond donors (Lipinski definition) is 0. The Kier molecular flexibility index (Phi) is 5.42. The minimum atomic E-state index is -5.85. The summed E-state index contributed by atoms with van der Waals surface area (Å²) in [5.41, 5.74) is 1.11. The van der Waals surface area contributed by atoms with E-state index in [1.165, 1.54) is 10.6 Å². The number of alkyl halides is 5. The number of aromatic nitrogens is 5. The van der Waals surface area contributed by atoms with Gasteiger partial charge >= 0.3 is 12.1 Å². The van der Waals surface area contributed by atoms with E-state index in [4.69, 9.17) is 16.0 Å². The molecule has 0 aliphatic heterocycles. The quantitative estimate of drug-likeness (QED) is 0.215. The second kappa shape index (κ2) is 8.59. The second-order valence-corrected chi connectivity index (χ2v) is 8.82. The Bertz CT molecular complexity index is 1780. The van der Waals surface area contributed by atoms with Crippen molar-refractivity contribution in [3.05, 3.63) is 90.0 Å². The van der Waals surface area contributed by atoms with Gasteiger partial charge in [0.1, 0.15) is 22.7 Å². The molecule has 0 aliphatic rings. The molecule has 0 saturated carbocycles. The number of fused-ring (bicyclic) bond motifs is 3. The molecule has 6 aromatic rings. The van der Waals surface area contributed by atoms with Crippen molar-refractivity contribution in [1.29, 1.82) is 0 Å². The maximum absolute atomic E-state index is 14.6. The molecule has 0 saturated heterocycles. The molecule has 6 nitrogen and oxygen atoms in total. The molecule has 0 spiro atoms. The molecule has 6 rings (SSSR count). The molecular weight excluding hydrogens is 529 g/mol. The van der Waals surface area contributed by atoms with Gasteiger partial charge in [-0.25, -0.2) is 9.97 Å². The fourth-order valence-electron chi connectivity index (χ4n) is 4.15. The van der Waals surface area contributed by atoms with Crippen molar-refractivity contribution >= 4 is 28.3 Å². The largest absolute Gasteiger partial charge is 0.459 e. The summed E-state index contributed by atoms with van der Waals surface area (Å²) in [6, 6.07) is 17.8. The lowest BCUT2D eigenvalue weighted by Crippen LogP contribution is -2.34. The van der Waals surface area contributed by atoms with Gasteiger partial charge in [-0.3, -0.25) is 4.40 Å². The van der Waals surface area contributed by atoms with Crippen LogP contribution in [-0.4, -0.2) is 30.7 Å². The van der Waals surface area contributed by atoms with Crippen molar-refractivity contribution in [2.24, 2.45) is 0 Å². The van der Waals surface area contributed by atoms with Gasteiger partial charge in [-0.1, -0.05) is 48.0 Å². The number of hydrogen-bond acceptors (Lipinski definition) is 5. The molecule has 0 bridgehead atoms. The van der Waals surface area contributed by atoms with Crippen molar-refractivity contribution in [3.63, 3.8) is 0 Å². The molecule has 0 fully saturated rings. The van der Waals surface area contributed by atoms with Crippen LogP contribution in [0.4, 0.5) is 22.0 Å². The van der Waals surface area contributed by atoms with E-state index in [0.29, 0.717) is 16.0 Å². The van der Waals surface area contributed by atoms with Crippen LogP contribution in [0.2, 0.25) is 5.02 Å². The summed E-state index contributed by atoms with van der Waals surface area (Å²) in [6.45, 7) is 0. The Balaban J connectivity index is 1.57. The zero-order chi connectivity index (χ0) is 26.7. The Labute approximate surface area is 215 Å². The van der Waals surface area contributed by atoms with Crippen LogP contribution < -0.4 is 0 Å². The molecular formula is C26H13ClF5N5O. The van der Waals surface area contributed by atoms with Crippen molar-refractivity contribution in [2.75, 3.05) is 0 Å². The van der Waals surface area contributed by atoms with Gasteiger partial charge in [0.15, 0.2) is 0 Å². The highest BCUT2D eigenvalue weighted by Crippen LogP contribution is 2.45. The Morgan fingerprint density at radius 1 is 0.789 bits per heavy atom. The first kappa shape index (κ1) is 24.0. The molecule has 38 heavy (non-hydrogen) atoms. The van der Waals surface area contributed by atoms with Crippen LogP contribution in [0.25, 0.3) is 50.5 Å². The molecule has 0 unspecified atom stereocenters. The maximum Gasteiger partial charge on any atom is 0.459 e. The average Bonchev–Trinajstić information content (AvgIpc) is 3.58. The number of halogens is 6. The zero-order valence-corrected chi connectivity index (χ0v) is 19.7. The van der Waals surface area contributed by atoms with E-state index in [1.54, 1.807) is 48.5 Å². The van der Waals surface area contributed by atoms with Gasteiger partial charge in [0.2, 0.25) is 6.39 Å². The highest BCUT2D eigenvalue weighted by Gasteiger charge is 2.60. The Hall–Kier alpha value is -4.38. The lowest BCUT2D eigenvalue weighted by Gasteiger charge is -2.21. The number of nitrogens with zero attached hydrogens (tertiary/aromatic N) is 5. The minimum Gasteiger partial charge on any atom is -0.422 e. The van der Waals surface area contributed by atoms with Gasteiger partial charge in [-0.05, 0) is 52.6 Å². The zero-order valence-electron chi connectivity index (χ0n) is 18.9. The molecule has 0 amide bonds. The van der Waals surface area contributed by atoms with Gasteiger partial charge in [0.05, 0.1) is 0 Å². The first-order valence-corrected chi connectivity index (χ1v) is 11.4. The summed E-state index contributed by atoms with van der Waals surface area (Å²) in [6.07, 6.45) is -3.37. The predicted octanol–water partition coefficient (Wildman–Crippen LogP) is 7.57. The van der Waals surface area contributed by atoms with Crippen LogP contribution in [0.15, 0.2) is 83.7 Å². The lowest BCUT2D eigenvalue weighted by molar-refractivity contribution is -0.290. The standard InChI is InChI=1S/C26H13ClF5N5O/c27-17-7-5-15(6-8-17)14-1-3-16(4-2-14)19-11-21(25(28,29)26(30,31)32)35-23-18(19)9-10-22-34-20(12-37(22)23)24-36-33-13-38-24/h1-13H. The van der Waals surface area contributed by atoms with Crippen LogP contribution in [0.5, 0.6) is 0 Å². The monoisotopic (exact) mass is 541 g/mol. The second-order valence-electron chi connectivity index (χ2n) is 8.38. The van der Waals surface area contributed by atoms with Crippen molar-refractivity contribution < 1.29 is 26.4 Å². The van der Waals surface area contributed by atoms with E-state index in [9.17, 15) is 22.0 Å². The van der Waals surface area contributed by atoms with Gasteiger partial charge in [-0.15, -0.1) is 10.2 Å². The first-order chi connectivity index (χ1) is 18.1. The summed E-state index contributed by atoms with van der Waals surface area (Å²) in [4.78, 5) is 8.08. The highest BCUT2D eigenvalue weighted by atomic mass is 35.5. The lowest BCUT2D eigenvalue weighted by atomic mass is 9.97. The van der Waals surface area contributed by atoms with Crippen molar-refractivity contribution in [1.82, 2.24) is 24.6 Å². The van der Waals surface area contributed by atoms with E-state index in [-0.39, 0.29) is 28.4 Å². The average molecular weight is 542 g/mol. The number of pyridine rings is 2. The van der Waals surface area contributed by atoms with Crippen molar-refractivity contribution in [2.45, 2.75) is 12.1 Å². The number of imidazole rings is 1. The number of benzene rings is 2. The summed E-state index contributed by atoms with van der Waals surface area (Å²) >= 11 is 5.95. The summed E-state index contributed by atoms with van der Waals surface area (Å²) < 4.78 is 75.7. The fraction of sp³-hybridized carbons (Fsp3) is 0.0769. The SMILES string of the molecule is FC(F)(F)C(F)(F)c1cc(-c2ccc(-c3ccc(Cl)cc3)cc2)c2ccc3nc(-c4nnco4)cn3c2n1. The molecule has 12 heteroatoms. The number of rotatable bonds is 4. The molecule has 4 heterocycles. The molecule has 0 N–H and O–H groups in total. The topological polar surface area (TPSA) is 69.1 Å². The Morgan fingerprint density at radius 3 is 2.08 bits per heavy atom. The minimum absolute atomic E-state index is 0.0524. The van der Waals surface area contributed by atoms with Crippen LogP contribution in [0.1, 0.15) is 5.69 Å². The maximum atomic E-state index is 14.6.